The van der Waals surface area contributed by atoms with Gasteiger partial charge in [0.15, 0.2) is 0 Å². The summed E-state index contributed by atoms with van der Waals surface area (Å²) >= 11 is 0. The van der Waals surface area contributed by atoms with Crippen LogP contribution in [0.4, 0.5) is 10.1 Å². The van der Waals surface area contributed by atoms with Crippen molar-refractivity contribution in [1.29, 1.82) is 0 Å². The lowest BCUT2D eigenvalue weighted by Gasteiger charge is -2.10. The number of benzene rings is 2. The zero-order chi connectivity index (χ0) is 19.8. The van der Waals surface area contributed by atoms with Crippen LogP contribution in [-0.2, 0) is 13.0 Å². The average Bonchev–Trinajstić information content (AvgIpc) is 2.74. The Kier molecular flexibility index (Phi) is 6.57. The Morgan fingerprint density at radius 3 is 2.57 bits per heavy atom. The van der Waals surface area contributed by atoms with Crippen molar-refractivity contribution in [2.75, 3.05) is 19.0 Å². The molecular weight excluding hydrogens is 357 g/mol. The van der Waals surface area contributed by atoms with Crippen molar-refractivity contribution in [3.8, 4) is 5.75 Å². The molecule has 6 heteroatoms. The molecule has 0 radical (unpaired) electrons. The van der Waals surface area contributed by atoms with E-state index in [1.807, 2.05) is 30.3 Å². The van der Waals surface area contributed by atoms with Crippen molar-refractivity contribution < 1.29 is 13.9 Å². The maximum Gasteiger partial charge on any atom is 0.269 e. The van der Waals surface area contributed by atoms with Gasteiger partial charge in [0.05, 0.1) is 19.0 Å². The lowest BCUT2D eigenvalue weighted by molar-refractivity contribution is 0.0949. The summed E-state index contributed by atoms with van der Waals surface area (Å²) < 4.78 is 18.2. The molecule has 0 bridgehead atoms. The highest BCUT2D eigenvalue weighted by molar-refractivity contribution is 5.92. The quantitative estimate of drug-likeness (QED) is 0.625. The standard InChI is InChI=1S/C22H22FN3O2/c1-28-21-5-3-2-4-17(21)14-25-19-10-11-20(26-15-19)22(27)24-13-12-16-6-8-18(23)9-7-16/h2-11,15,25H,12-14H2,1H3,(H,24,27). The molecule has 144 valence electrons. The van der Waals surface area contributed by atoms with E-state index in [9.17, 15) is 9.18 Å². The topological polar surface area (TPSA) is 63.2 Å². The number of anilines is 1. The Balaban J connectivity index is 1.49. The molecule has 0 unspecified atom stereocenters. The third-order valence-corrected chi connectivity index (χ3v) is 4.28. The van der Waals surface area contributed by atoms with E-state index in [-0.39, 0.29) is 11.7 Å². The highest BCUT2D eigenvalue weighted by Gasteiger charge is 2.07. The zero-order valence-electron chi connectivity index (χ0n) is 15.6. The van der Waals surface area contributed by atoms with Crippen LogP contribution in [0.5, 0.6) is 5.75 Å². The minimum absolute atomic E-state index is 0.238. The summed E-state index contributed by atoms with van der Waals surface area (Å²) in [7, 11) is 1.64. The number of ether oxygens (including phenoxy) is 1. The molecule has 0 saturated carbocycles. The third-order valence-electron chi connectivity index (χ3n) is 4.28. The maximum absolute atomic E-state index is 12.9. The third kappa shape index (κ3) is 5.30. The van der Waals surface area contributed by atoms with Crippen molar-refractivity contribution in [2.24, 2.45) is 0 Å². The summed E-state index contributed by atoms with van der Waals surface area (Å²) in [6.07, 6.45) is 2.26. The fourth-order valence-electron chi connectivity index (χ4n) is 2.74. The monoisotopic (exact) mass is 379 g/mol. The number of carbonyl (C=O) groups excluding carboxylic acids is 1. The fourth-order valence-corrected chi connectivity index (χ4v) is 2.74. The minimum Gasteiger partial charge on any atom is -0.496 e. The lowest BCUT2D eigenvalue weighted by atomic mass is 10.1. The van der Waals surface area contributed by atoms with Gasteiger partial charge >= 0.3 is 0 Å². The van der Waals surface area contributed by atoms with E-state index in [4.69, 9.17) is 4.74 Å². The largest absolute Gasteiger partial charge is 0.496 e. The summed E-state index contributed by atoms with van der Waals surface area (Å²) in [5.41, 5.74) is 3.16. The van der Waals surface area contributed by atoms with Crippen molar-refractivity contribution >= 4 is 11.6 Å². The van der Waals surface area contributed by atoms with Crippen molar-refractivity contribution in [3.63, 3.8) is 0 Å². The summed E-state index contributed by atoms with van der Waals surface area (Å²) in [5.74, 6) is 0.315. The number of amides is 1. The summed E-state index contributed by atoms with van der Waals surface area (Å²) in [6.45, 7) is 1.05. The Morgan fingerprint density at radius 1 is 1.07 bits per heavy atom. The molecule has 0 aliphatic carbocycles. The number of hydrogen-bond donors (Lipinski definition) is 2. The second kappa shape index (κ2) is 9.50. The number of nitrogens with zero attached hydrogens (tertiary/aromatic N) is 1. The van der Waals surface area contributed by atoms with Crippen LogP contribution in [0.2, 0.25) is 0 Å². The predicted molar refractivity (Wildman–Crippen MR) is 107 cm³/mol. The molecular formula is C22H22FN3O2. The van der Waals surface area contributed by atoms with Crippen molar-refractivity contribution in [2.45, 2.75) is 13.0 Å². The van der Waals surface area contributed by atoms with Crippen LogP contribution >= 0.6 is 0 Å². The number of pyridine rings is 1. The number of rotatable bonds is 8. The number of aromatic nitrogens is 1. The van der Waals surface area contributed by atoms with E-state index in [1.54, 1.807) is 31.5 Å². The molecule has 0 aliphatic rings. The van der Waals surface area contributed by atoms with Crippen LogP contribution in [0.1, 0.15) is 21.6 Å². The number of nitrogens with one attached hydrogen (secondary N) is 2. The van der Waals surface area contributed by atoms with Gasteiger partial charge in [-0.2, -0.15) is 0 Å². The molecule has 2 aromatic carbocycles. The normalized spacial score (nSPS) is 10.4. The van der Waals surface area contributed by atoms with Gasteiger partial charge in [-0.15, -0.1) is 0 Å². The SMILES string of the molecule is COc1ccccc1CNc1ccc(C(=O)NCCc2ccc(F)cc2)nc1. The van der Waals surface area contributed by atoms with Gasteiger partial charge in [0.1, 0.15) is 17.3 Å². The van der Waals surface area contributed by atoms with Gasteiger partial charge in [-0.3, -0.25) is 4.79 Å². The van der Waals surface area contributed by atoms with Gasteiger partial charge in [-0.25, -0.2) is 9.37 Å². The molecule has 5 nitrogen and oxygen atoms in total. The van der Waals surface area contributed by atoms with Crippen molar-refractivity contribution in [3.05, 3.63) is 89.5 Å². The Labute approximate surface area is 163 Å². The first kappa shape index (κ1) is 19.4. The predicted octanol–water partition coefficient (Wildman–Crippen LogP) is 3.81. The first-order valence-corrected chi connectivity index (χ1v) is 9.00. The van der Waals surface area contributed by atoms with Crippen LogP contribution in [0, 0.1) is 5.82 Å². The maximum atomic E-state index is 12.9. The van der Waals surface area contributed by atoms with Gasteiger partial charge in [-0.05, 0) is 42.3 Å². The van der Waals surface area contributed by atoms with Crippen molar-refractivity contribution in [1.82, 2.24) is 10.3 Å². The first-order chi connectivity index (χ1) is 13.7. The molecule has 1 heterocycles. The van der Waals surface area contributed by atoms with Crippen LogP contribution in [0.15, 0.2) is 66.9 Å². The molecule has 0 saturated heterocycles. The molecule has 2 N–H and O–H groups in total. The molecule has 0 spiro atoms. The van der Waals surface area contributed by atoms with Crippen LogP contribution in [0.25, 0.3) is 0 Å². The van der Waals surface area contributed by atoms with Gasteiger partial charge in [0.2, 0.25) is 0 Å². The zero-order valence-corrected chi connectivity index (χ0v) is 15.6. The van der Waals surface area contributed by atoms with E-state index < -0.39 is 0 Å². The highest BCUT2D eigenvalue weighted by atomic mass is 19.1. The van der Waals surface area contributed by atoms with Gasteiger partial charge in [0.25, 0.3) is 5.91 Å². The van der Waals surface area contributed by atoms with Crippen LogP contribution < -0.4 is 15.4 Å². The summed E-state index contributed by atoms with van der Waals surface area (Å²) in [5, 5.41) is 6.09. The Hall–Kier alpha value is -3.41. The second-order valence-electron chi connectivity index (χ2n) is 6.23. The van der Waals surface area contributed by atoms with Crippen LogP contribution in [-0.4, -0.2) is 24.5 Å². The minimum atomic E-state index is -0.267. The Morgan fingerprint density at radius 2 is 1.86 bits per heavy atom. The number of methoxy groups -OCH3 is 1. The summed E-state index contributed by atoms with van der Waals surface area (Å²) in [4.78, 5) is 16.4. The highest BCUT2D eigenvalue weighted by Crippen LogP contribution is 2.18. The smallest absolute Gasteiger partial charge is 0.269 e. The molecule has 3 aromatic rings. The number of hydrogen-bond acceptors (Lipinski definition) is 4. The van der Waals surface area contributed by atoms with E-state index >= 15 is 0 Å². The Bertz CT molecular complexity index is 912. The second-order valence-corrected chi connectivity index (χ2v) is 6.23. The number of halogens is 1. The van der Waals surface area contributed by atoms with Gasteiger partial charge < -0.3 is 15.4 Å². The van der Waals surface area contributed by atoms with E-state index in [0.717, 1.165) is 22.6 Å². The molecule has 1 aromatic heterocycles. The van der Waals surface area contributed by atoms with Gasteiger partial charge in [0, 0.05) is 18.7 Å². The molecule has 1 amide bonds. The lowest BCUT2D eigenvalue weighted by Crippen LogP contribution is -2.26. The van der Waals surface area contributed by atoms with E-state index in [2.05, 4.69) is 15.6 Å². The molecule has 0 aliphatic heterocycles. The first-order valence-electron chi connectivity index (χ1n) is 9.00. The summed E-state index contributed by atoms with van der Waals surface area (Å²) in [6, 6.07) is 17.5. The molecule has 0 fully saturated rings. The molecule has 28 heavy (non-hydrogen) atoms. The molecule has 0 atom stereocenters. The van der Waals surface area contributed by atoms with Crippen LogP contribution in [0.3, 0.4) is 0 Å². The van der Waals surface area contributed by atoms with E-state index in [1.165, 1.54) is 12.1 Å². The molecule has 3 rings (SSSR count). The van der Waals surface area contributed by atoms with E-state index in [0.29, 0.717) is 25.2 Å². The number of carbonyl (C=O) groups is 1. The fraction of sp³-hybridized carbons (Fsp3) is 0.182. The van der Waals surface area contributed by atoms with Gasteiger partial charge in [-0.1, -0.05) is 30.3 Å². The average molecular weight is 379 g/mol. The number of para-hydroxylation sites is 1.